The molecule has 0 spiro atoms. The van der Waals surface area contributed by atoms with Crippen molar-refractivity contribution >= 4 is 5.97 Å². The summed E-state index contributed by atoms with van der Waals surface area (Å²) < 4.78 is 1.57. The first-order chi connectivity index (χ1) is 7.75. The normalized spacial score (nSPS) is 10.2. The van der Waals surface area contributed by atoms with Gasteiger partial charge in [-0.15, -0.1) is 0 Å². The molecule has 0 aliphatic rings. The SMILES string of the molecule is O=C(O)CCc1cnn(-c2cnccn2)c1. The molecule has 0 saturated carbocycles. The Labute approximate surface area is 91.6 Å². The van der Waals surface area contributed by atoms with Crippen LogP contribution in [0.3, 0.4) is 0 Å². The lowest BCUT2D eigenvalue weighted by atomic mass is 10.2. The standard InChI is InChI=1S/C10H10N4O2/c15-10(16)2-1-8-5-13-14(7-8)9-6-11-3-4-12-9/h3-7H,1-2H2,(H,15,16). The van der Waals surface area contributed by atoms with E-state index >= 15 is 0 Å². The van der Waals surface area contributed by atoms with Gasteiger partial charge in [-0.1, -0.05) is 0 Å². The van der Waals surface area contributed by atoms with Crippen LogP contribution >= 0.6 is 0 Å². The van der Waals surface area contributed by atoms with E-state index in [4.69, 9.17) is 5.11 Å². The van der Waals surface area contributed by atoms with Crippen molar-refractivity contribution in [2.24, 2.45) is 0 Å². The first-order valence-corrected chi connectivity index (χ1v) is 4.77. The van der Waals surface area contributed by atoms with Crippen LogP contribution in [0.5, 0.6) is 0 Å². The first kappa shape index (κ1) is 10.3. The molecule has 0 radical (unpaired) electrons. The molecule has 1 N–H and O–H groups in total. The maximum absolute atomic E-state index is 10.4. The minimum atomic E-state index is -0.813. The maximum Gasteiger partial charge on any atom is 0.303 e. The van der Waals surface area contributed by atoms with Crippen LogP contribution in [0.1, 0.15) is 12.0 Å². The third kappa shape index (κ3) is 2.41. The third-order valence-corrected chi connectivity index (χ3v) is 2.05. The largest absolute Gasteiger partial charge is 0.481 e. The molecule has 0 aliphatic heterocycles. The number of aryl methyl sites for hydroxylation is 1. The molecular formula is C10H10N4O2. The van der Waals surface area contributed by atoms with Gasteiger partial charge in [-0.25, -0.2) is 9.67 Å². The van der Waals surface area contributed by atoms with Crippen LogP contribution in [0.25, 0.3) is 5.82 Å². The quantitative estimate of drug-likeness (QED) is 0.816. The fraction of sp³-hybridized carbons (Fsp3) is 0.200. The number of hydrogen-bond donors (Lipinski definition) is 1. The number of carboxylic acid groups (broad SMARTS) is 1. The van der Waals surface area contributed by atoms with Crippen molar-refractivity contribution in [3.63, 3.8) is 0 Å². The van der Waals surface area contributed by atoms with E-state index < -0.39 is 5.97 Å². The van der Waals surface area contributed by atoms with Gasteiger partial charge in [0.2, 0.25) is 0 Å². The predicted molar refractivity (Wildman–Crippen MR) is 55.1 cm³/mol. The number of rotatable bonds is 4. The average molecular weight is 218 g/mol. The second-order valence-corrected chi connectivity index (χ2v) is 3.25. The van der Waals surface area contributed by atoms with Crippen molar-refractivity contribution in [2.45, 2.75) is 12.8 Å². The van der Waals surface area contributed by atoms with Crippen molar-refractivity contribution in [3.05, 3.63) is 36.5 Å². The van der Waals surface area contributed by atoms with Crippen molar-refractivity contribution < 1.29 is 9.90 Å². The molecule has 16 heavy (non-hydrogen) atoms. The molecule has 2 heterocycles. The van der Waals surface area contributed by atoms with E-state index in [9.17, 15) is 4.79 Å². The van der Waals surface area contributed by atoms with Crippen LogP contribution in [-0.2, 0) is 11.2 Å². The highest BCUT2D eigenvalue weighted by Gasteiger charge is 2.04. The van der Waals surface area contributed by atoms with E-state index in [-0.39, 0.29) is 6.42 Å². The predicted octanol–water partition coefficient (Wildman–Crippen LogP) is 0.679. The molecule has 6 nitrogen and oxygen atoms in total. The zero-order valence-corrected chi connectivity index (χ0v) is 8.45. The van der Waals surface area contributed by atoms with Gasteiger partial charge in [0, 0.05) is 25.0 Å². The lowest BCUT2D eigenvalue weighted by Crippen LogP contribution is -1.98. The van der Waals surface area contributed by atoms with E-state index in [0.29, 0.717) is 12.2 Å². The van der Waals surface area contributed by atoms with E-state index in [1.165, 1.54) is 0 Å². The minimum Gasteiger partial charge on any atom is -0.481 e. The van der Waals surface area contributed by atoms with Gasteiger partial charge < -0.3 is 5.11 Å². The molecule has 2 aromatic rings. The second-order valence-electron chi connectivity index (χ2n) is 3.25. The molecule has 0 fully saturated rings. The first-order valence-electron chi connectivity index (χ1n) is 4.77. The van der Waals surface area contributed by atoms with Gasteiger partial charge in [0.1, 0.15) is 0 Å². The Balaban J connectivity index is 2.11. The molecule has 0 saturated heterocycles. The number of nitrogens with zero attached hydrogens (tertiary/aromatic N) is 4. The van der Waals surface area contributed by atoms with Gasteiger partial charge >= 0.3 is 5.97 Å². The number of hydrogen-bond acceptors (Lipinski definition) is 4. The second kappa shape index (κ2) is 4.52. The van der Waals surface area contributed by atoms with Crippen molar-refractivity contribution in [1.29, 1.82) is 0 Å². The van der Waals surface area contributed by atoms with Crippen LogP contribution in [0.15, 0.2) is 31.0 Å². The lowest BCUT2D eigenvalue weighted by Gasteiger charge is -1.96. The van der Waals surface area contributed by atoms with Gasteiger partial charge in [0.25, 0.3) is 0 Å². The highest BCUT2D eigenvalue weighted by Crippen LogP contribution is 2.05. The summed E-state index contributed by atoms with van der Waals surface area (Å²) in [6.07, 6.45) is 8.71. The summed E-state index contributed by atoms with van der Waals surface area (Å²) in [5.41, 5.74) is 0.869. The highest BCUT2D eigenvalue weighted by atomic mass is 16.4. The van der Waals surface area contributed by atoms with E-state index in [2.05, 4.69) is 15.1 Å². The Hall–Kier alpha value is -2.24. The Morgan fingerprint density at radius 1 is 1.38 bits per heavy atom. The maximum atomic E-state index is 10.4. The van der Waals surface area contributed by atoms with E-state index in [1.54, 1.807) is 35.7 Å². The molecule has 6 heteroatoms. The van der Waals surface area contributed by atoms with Gasteiger partial charge in [-0.2, -0.15) is 5.10 Å². The lowest BCUT2D eigenvalue weighted by molar-refractivity contribution is -0.136. The molecule has 0 unspecified atom stereocenters. The molecule has 2 aromatic heterocycles. The fourth-order valence-corrected chi connectivity index (χ4v) is 1.28. The van der Waals surface area contributed by atoms with Gasteiger partial charge in [0.05, 0.1) is 12.4 Å². The Kier molecular flexibility index (Phi) is 2.90. The summed E-state index contributed by atoms with van der Waals surface area (Å²) in [5.74, 6) is -0.198. The van der Waals surface area contributed by atoms with Crippen LogP contribution < -0.4 is 0 Å². The number of aromatic nitrogens is 4. The summed E-state index contributed by atoms with van der Waals surface area (Å²) in [7, 11) is 0. The minimum absolute atomic E-state index is 0.103. The molecule has 82 valence electrons. The summed E-state index contributed by atoms with van der Waals surface area (Å²) in [6.45, 7) is 0. The highest BCUT2D eigenvalue weighted by molar-refractivity contribution is 5.67. The monoisotopic (exact) mass is 218 g/mol. The zero-order chi connectivity index (χ0) is 11.4. The third-order valence-electron chi connectivity index (χ3n) is 2.05. The molecule has 0 atom stereocenters. The molecule has 0 aliphatic carbocycles. The van der Waals surface area contributed by atoms with Gasteiger partial charge in [0.15, 0.2) is 5.82 Å². The molecule has 0 aromatic carbocycles. The summed E-state index contributed by atoms with van der Waals surface area (Å²) >= 11 is 0. The van der Waals surface area contributed by atoms with E-state index in [1.807, 2.05) is 0 Å². The van der Waals surface area contributed by atoms with Crippen LogP contribution in [0.2, 0.25) is 0 Å². The molecule has 0 amide bonds. The van der Waals surface area contributed by atoms with Gasteiger partial charge in [-0.3, -0.25) is 9.78 Å². The summed E-state index contributed by atoms with van der Waals surface area (Å²) in [4.78, 5) is 18.4. The summed E-state index contributed by atoms with van der Waals surface area (Å²) in [6, 6.07) is 0. The van der Waals surface area contributed by atoms with E-state index in [0.717, 1.165) is 5.56 Å². The van der Waals surface area contributed by atoms with Crippen LogP contribution in [0.4, 0.5) is 0 Å². The number of carboxylic acids is 1. The number of carbonyl (C=O) groups is 1. The Bertz CT molecular complexity index is 481. The number of aliphatic carboxylic acids is 1. The van der Waals surface area contributed by atoms with Crippen molar-refractivity contribution in [3.8, 4) is 5.82 Å². The van der Waals surface area contributed by atoms with Gasteiger partial charge in [-0.05, 0) is 12.0 Å². The van der Waals surface area contributed by atoms with Crippen LogP contribution in [0, 0.1) is 0 Å². The van der Waals surface area contributed by atoms with Crippen LogP contribution in [-0.4, -0.2) is 30.8 Å². The fourth-order valence-electron chi connectivity index (χ4n) is 1.28. The Morgan fingerprint density at radius 2 is 2.25 bits per heavy atom. The topological polar surface area (TPSA) is 80.9 Å². The smallest absolute Gasteiger partial charge is 0.303 e. The Morgan fingerprint density at radius 3 is 2.94 bits per heavy atom. The average Bonchev–Trinajstić information content (AvgIpc) is 2.76. The van der Waals surface area contributed by atoms with Crippen molar-refractivity contribution in [1.82, 2.24) is 19.7 Å². The molecule has 0 bridgehead atoms. The molecule has 2 rings (SSSR count). The zero-order valence-electron chi connectivity index (χ0n) is 8.45. The van der Waals surface area contributed by atoms with Crippen molar-refractivity contribution in [2.75, 3.05) is 0 Å². The molecular weight excluding hydrogens is 208 g/mol. The summed E-state index contributed by atoms with van der Waals surface area (Å²) in [5, 5.41) is 12.6.